The molecule has 122 valence electrons. The number of amides is 1. The summed E-state index contributed by atoms with van der Waals surface area (Å²) in [5, 5.41) is 9.09. The van der Waals surface area contributed by atoms with Crippen LogP contribution < -0.4 is 10.6 Å². The third-order valence-electron chi connectivity index (χ3n) is 3.08. The van der Waals surface area contributed by atoms with Crippen molar-refractivity contribution in [3.05, 3.63) is 65.7 Å². The zero-order chi connectivity index (χ0) is 17.1. The van der Waals surface area contributed by atoms with Crippen LogP contribution in [0.2, 0.25) is 0 Å². The number of rotatable bonds is 4. The van der Waals surface area contributed by atoms with Crippen LogP contribution in [0.5, 0.6) is 0 Å². The van der Waals surface area contributed by atoms with Crippen LogP contribution in [0, 0.1) is 18.6 Å². The van der Waals surface area contributed by atoms with Gasteiger partial charge in [0, 0.05) is 24.0 Å². The second-order valence-electron chi connectivity index (χ2n) is 4.99. The molecule has 0 atom stereocenters. The van der Waals surface area contributed by atoms with E-state index in [1.54, 1.807) is 13.0 Å². The van der Waals surface area contributed by atoms with Crippen LogP contribution >= 0.6 is 0 Å². The van der Waals surface area contributed by atoms with Crippen molar-refractivity contribution in [3.8, 4) is 0 Å². The molecule has 0 spiro atoms. The molecule has 0 radical (unpaired) electrons. The molecule has 3 rings (SSSR count). The summed E-state index contributed by atoms with van der Waals surface area (Å²) < 4.78 is 31.0. The van der Waals surface area contributed by atoms with E-state index in [1.165, 1.54) is 24.5 Å². The summed E-state index contributed by atoms with van der Waals surface area (Å²) in [6.45, 7) is 1.70. The van der Waals surface area contributed by atoms with Crippen molar-refractivity contribution >= 4 is 23.1 Å². The summed E-state index contributed by atoms with van der Waals surface area (Å²) in [5.41, 5.74) is 1.05. The van der Waals surface area contributed by atoms with Gasteiger partial charge in [0.25, 0.3) is 5.91 Å². The third kappa shape index (κ3) is 3.54. The van der Waals surface area contributed by atoms with Gasteiger partial charge in [-0.15, -0.1) is 0 Å². The molecule has 0 fully saturated rings. The van der Waals surface area contributed by atoms with Crippen LogP contribution in [0.25, 0.3) is 0 Å². The molecule has 1 aromatic carbocycles. The van der Waals surface area contributed by atoms with Gasteiger partial charge in [-0.3, -0.25) is 9.78 Å². The number of halogens is 2. The Morgan fingerprint density at radius 1 is 1.08 bits per heavy atom. The molecule has 2 heterocycles. The predicted octanol–water partition coefficient (Wildman–Crippen LogP) is 3.65. The van der Waals surface area contributed by atoms with E-state index in [2.05, 4.69) is 20.8 Å². The Bertz CT molecular complexity index is 895. The van der Waals surface area contributed by atoms with Crippen molar-refractivity contribution in [1.29, 1.82) is 0 Å². The van der Waals surface area contributed by atoms with Crippen molar-refractivity contribution < 1.29 is 18.1 Å². The Hall–Kier alpha value is -3.29. The van der Waals surface area contributed by atoms with Crippen LogP contribution in [-0.4, -0.2) is 16.0 Å². The molecule has 24 heavy (non-hydrogen) atoms. The van der Waals surface area contributed by atoms with Gasteiger partial charge in [-0.05, 0) is 25.1 Å². The summed E-state index contributed by atoms with van der Waals surface area (Å²) in [5.74, 6) is -1.48. The number of pyridine rings is 1. The number of benzene rings is 1. The minimum atomic E-state index is -0.969. The Morgan fingerprint density at radius 2 is 1.92 bits per heavy atom. The predicted molar refractivity (Wildman–Crippen MR) is 83.1 cm³/mol. The van der Waals surface area contributed by atoms with Gasteiger partial charge in [0.05, 0.1) is 17.4 Å². The second kappa shape index (κ2) is 6.45. The largest absolute Gasteiger partial charge is 0.360 e. The number of nitrogens with one attached hydrogen (secondary N) is 2. The number of hydrogen-bond donors (Lipinski definition) is 2. The van der Waals surface area contributed by atoms with E-state index in [9.17, 15) is 13.6 Å². The van der Waals surface area contributed by atoms with Gasteiger partial charge in [0.15, 0.2) is 17.5 Å². The molecule has 0 saturated heterocycles. The zero-order valence-corrected chi connectivity index (χ0v) is 12.5. The zero-order valence-electron chi connectivity index (χ0n) is 12.5. The summed E-state index contributed by atoms with van der Waals surface area (Å²) >= 11 is 0. The van der Waals surface area contributed by atoms with Crippen molar-refractivity contribution in [1.82, 2.24) is 10.1 Å². The first-order chi connectivity index (χ1) is 11.5. The monoisotopic (exact) mass is 330 g/mol. The molecule has 2 aromatic heterocycles. The Kier molecular flexibility index (Phi) is 4.19. The fourth-order valence-corrected chi connectivity index (χ4v) is 1.99. The van der Waals surface area contributed by atoms with Crippen LogP contribution in [0.3, 0.4) is 0 Å². The lowest BCUT2D eigenvalue weighted by Crippen LogP contribution is -2.12. The first-order valence-electron chi connectivity index (χ1n) is 6.93. The van der Waals surface area contributed by atoms with Gasteiger partial charge in [-0.25, -0.2) is 8.78 Å². The minimum Gasteiger partial charge on any atom is -0.360 e. The molecule has 0 unspecified atom stereocenters. The topological polar surface area (TPSA) is 80.0 Å². The molecule has 0 aliphatic carbocycles. The summed E-state index contributed by atoms with van der Waals surface area (Å²) in [7, 11) is 0. The van der Waals surface area contributed by atoms with E-state index < -0.39 is 17.5 Å². The molecule has 3 aromatic rings. The molecular weight excluding hydrogens is 318 g/mol. The number of hydrogen-bond acceptors (Lipinski definition) is 5. The van der Waals surface area contributed by atoms with Crippen molar-refractivity contribution in [2.45, 2.75) is 6.92 Å². The fraction of sp³-hybridized carbons (Fsp3) is 0.0625. The standard InChI is InChI=1S/C16H12F2N4O2/c1-9-4-15(22-24-9)21-16(23)10-5-12(8-19-7-10)20-11-2-3-13(17)14(18)6-11/h2-8,20H,1H3,(H,21,22,23). The van der Waals surface area contributed by atoms with Gasteiger partial charge in [0.2, 0.25) is 0 Å². The number of carbonyl (C=O) groups excluding carboxylic acids is 1. The van der Waals surface area contributed by atoms with E-state index in [0.29, 0.717) is 17.1 Å². The molecule has 2 N–H and O–H groups in total. The number of anilines is 3. The molecular formula is C16H12F2N4O2. The smallest absolute Gasteiger partial charge is 0.258 e. The highest BCUT2D eigenvalue weighted by atomic mass is 19.2. The van der Waals surface area contributed by atoms with Gasteiger partial charge >= 0.3 is 0 Å². The van der Waals surface area contributed by atoms with Crippen LogP contribution in [0.4, 0.5) is 26.0 Å². The van der Waals surface area contributed by atoms with Crippen LogP contribution in [0.15, 0.2) is 47.2 Å². The SMILES string of the molecule is Cc1cc(NC(=O)c2cncc(Nc3ccc(F)c(F)c3)c2)no1. The molecule has 1 amide bonds. The molecule has 6 nitrogen and oxygen atoms in total. The highest BCUT2D eigenvalue weighted by Gasteiger charge is 2.10. The molecule has 8 heteroatoms. The lowest BCUT2D eigenvalue weighted by molar-refractivity contribution is 0.102. The first-order valence-corrected chi connectivity index (χ1v) is 6.93. The Labute approximate surface area is 135 Å². The number of aryl methyl sites for hydroxylation is 1. The van der Waals surface area contributed by atoms with Crippen molar-refractivity contribution in [3.63, 3.8) is 0 Å². The number of aromatic nitrogens is 2. The van der Waals surface area contributed by atoms with E-state index in [-0.39, 0.29) is 11.4 Å². The van der Waals surface area contributed by atoms with Gasteiger partial charge in [0.1, 0.15) is 5.76 Å². The van der Waals surface area contributed by atoms with Crippen LogP contribution in [0.1, 0.15) is 16.1 Å². The average molecular weight is 330 g/mol. The number of carbonyl (C=O) groups is 1. The Morgan fingerprint density at radius 3 is 2.62 bits per heavy atom. The second-order valence-corrected chi connectivity index (χ2v) is 4.99. The molecule has 0 aliphatic heterocycles. The summed E-state index contributed by atoms with van der Waals surface area (Å²) in [6.07, 6.45) is 2.83. The highest BCUT2D eigenvalue weighted by molar-refractivity contribution is 6.04. The quantitative estimate of drug-likeness (QED) is 0.763. The van der Waals surface area contributed by atoms with Gasteiger partial charge in [-0.1, -0.05) is 5.16 Å². The van der Waals surface area contributed by atoms with Crippen molar-refractivity contribution in [2.75, 3.05) is 10.6 Å². The fourth-order valence-electron chi connectivity index (χ4n) is 1.99. The highest BCUT2D eigenvalue weighted by Crippen LogP contribution is 2.19. The third-order valence-corrected chi connectivity index (χ3v) is 3.08. The molecule has 0 aliphatic rings. The first kappa shape index (κ1) is 15.6. The van der Waals surface area contributed by atoms with Gasteiger partial charge in [-0.2, -0.15) is 0 Å². The maximum atomic E-state index is 13.2. The van der Waals surface area contributed by atoms with E-state index >= 15 is 0 Å². The molecule has 0 bridgehead atoms. The van der Waals surface area contributed by atoms with Gasteiger partial charge < -0.3 is 15.2 Å². The lowest BCUT2D eigenvalue weighted by Gasteiger charge is -2.08. The van der Waals surface area contributed by atoms with E-state index in [4.69, 9.17) is 4.52 Å². The van der Waals surface area contributed by atoms with E-state index in [0.717, 1.165) is 12.1 Å². The maximum Gasteiger partial charge on any atom is 0.258 e. The maximum absolute atomic E-state index is 13.2. The summed E-state index contributed by atoms with van der Waals surface area (Å²) in [4.78, 5) is 16.1. The summed E-state index contributed by atoms with van der Waals surface area (Å²) in [6, 6.07) is 6.50. The normalized spacial score (nSPS) is 10.5. The van der Waals surface area contributed by atoms with Crippen LogP contribution in [-0.2, 0) is 0 Å². The van der Waals surface area contributed by atoms with E-state index in [1.807, 2.05) is 0 Å². The molecule has 0 saturated carbocycles. The Balaban J connectivity index is 1.75. The average Bonchev–Trinajstić information content (AvgIpc) is 2.96. The number of nitrogens with zero attached hydrogens (tertiary/aromatic N) is 2. The lowest BCUT2D eigenvalue weighted by atomic mass is 10.2. The van der Waals surface area contributed by atoms with Crippen molar-refractivity contribution in [2.24, 2.45) is 0 Å². The minimum absolute atomic E-state index is 0.267.